The number of sulfonamides is 1. The Kier molecular flexibility index (Phi) is 6.24. The van der Waals surface area contributed by atoms with Gasteiger partial charge in [0.15, 0.2) is 0 Å². The van der Waals surface area contributed by atoms with Crippen LogP contribution in [0, 0.1) is 11.3 Å². The van der Waals surface area contributed by atoms with Crippen LogP contribution in [0.25, 0.3) is 0 Å². The standard InChI is InChI=1S/C20H24N4O2S/c21-13-17-2-1-3-18(12-17)15-24(19-8-10-23-11-9-19)14-16-4-6-20(7-5-16)27(22,25)26/h1-7,12,19,23H,8-11,14-15H2,(H2,22,25,26). The molecule has 0 unspecified atom stereocenters. The first kappa shape index (κ1) is 19.5. The molecule has 0 aromatic heterocycles. The molecule has 0 saturated carbocycles. The maximum atomic E-state index is 11.4. The number of nitrogens with zero attached hydrogens (tertiary/aromatic N) is 2. The molecule has 2 aromatic carbocycles. The van der Waals surface area contributed by atoms with Gasteiger partial charge in [-0.3, -0.25) is 4.90 Å². The number of nitrogens with two attached hydrogens (primary N) is 1. The molecule has 0 radical (unpaired) electrons. The predicted octanol–water partition coefficient (Wildman–Crippen LogP) is 1.96. The minimum atomic E-state index is -3.68. The highest BCUT2D eigenvalue weighted by Crippen LogP contribution is 2.20. The van der Waals surface area contributed by atoms with E-state index in [0.29, 0.717) is 18.2 Å². The zero-order chi connectivity index (χ0) is 19.3. The van der Waals surface area contributed by atoms with Crippen LogP contribution in [0.15, 0.2) is 53.4 Å². The van der Waals surface area contributed by atoms with Gasteiger partial charge in [-0.25, -0.2) is 13.6 Å². The van der Waals surface area contributed by atoms with Gasteiger partial charge in [-0.15, -0.1) is 0 Å². The summed E-state index contributed by atoms with van der Waals surface area (Å²) < 4.78 is 22.9. The lowest BCUT2D eigenvalue weighted by Gasteiger charge is -2.35. The van der Waals surface area contributed by atoms with E-state index in [1.807, 2.05) is 36.4 Å². The molecule has 1 aliphatic rings. The Morgan fingerprint density at radius 2 is 1.74 bits per heavy atom. The summed E-state index contributed by atoms with van der Waals surface area (Å²) in [7, 11) is -3.68. The zero-order valence-electron chi connectivity index (χ0n) is 15.1. The highest BCUT2D eigenvalue weighted by atomic mass is 32.2. The van der Waals surface area contributed by atoms with Crippen molar-refractivity contribution in [3.8, 4) is 6.07 Å². The number of piperidine rings is 1. The number of benzene rings is 2. The molecule has 3 N–H and O–H groups in total. The van der Waals surface area contributed by atoms with Crippen LogP contribution >= 0.6 is 0 Å². The number of nitriles is 1. The lowest BCUT2D eigenvalue weighted by atomic mass is 10.0. The van der Waals surface area contributed by atoms with Crippen molar-refractivity contribution in [3.63, 3.8) is 0 Å². The third kappa shape index (κ3) is 5.37. The van der Waals surface area contributed by atoms with E-state index in [4.69, 9.17) is 10.4 Å². The van der Waals surface area contributed by atoms with E-state index in [2.05, 4.69) is 16.3 Å². The predicted molar refractivity (Wildman–Crippen MR) is 104 cm³/mol. The van der Waals surface area contributed by atoms with Crippen LogP contribution in [0.4, 0.5) is 0 Å². The first-order chi connectivity index (χ1) is 13.0. The zero-order valence-corrected chi connectivity index (χ0v) is 16.0. The van der Waals surface area contributed by atoms with Crippen molar-refractivity contribution >= 4 is 10.0 Å². The maximum absolute atomic E-state index is 11.4. The van der Waals surface area contributed by atoms with E-state index in [-0.39, 0.29) is 4.90 Å². The van der Waals surface area contributed by atoms with Crippen molar-refractivity contribution in [1.29, 1.82) is 5.26 Å². The summed E-state index contributed by atoms with van der Waals surface area (Å²) in [4.78, 5) is 2.53. The van der Waals surface area contributed by atoms with Gasteiger partial charge in [0, 0.05) is 19.1 Å². The van der Waals surface area contributed by atoms with Gasteiger partial charge < -0.3 is 5.32 Å². The van der Waals surface area contributed by atoms with Crippen molar-refractivity contribution in [2.24, 2.45) is 5.14 Å². The molecule has 0 bridgehead atoms. The van der Waals surface area contributed by atoms with E-state index in [9.17, 15) is 8.42 Å². The Balaban J connectivity index is 1.80. The first-order valence-corrected chi connectivity index (χ1v) is 10.6. The number of hydrogen-bond acceptors (Lipinski definition) is 5. The van der Waals surface area contributed by atoms with E-state index < -0.39 is 10.0 Å². The van der Waals surface area contributed by atoms with Gasteiger partial charge in [0.1, 0.15) is 0 Å². The number of rotatable bonds is 6. The molecular weight excluding hydrogens is 360 g/mol. The highest BCUT2D eigenvalue weighted by molar-refractivity contribution is 7.89. The van der Waals surface area contributed by atoms with E-state index in [1.165, 1.54) is 0 Å². The second-order valence-electron chi connectivity index (χ2n) is 6.89. The third-order valence-electron chi connectivity index (χ3n) is 4.90. The summed E-state index contributed by atoms with van der Waals surface area (Å²) in [5.41, 5.74) is 2.81. The fourth-order valence-corrected chi connectivity index (χ4v) is 3.99. The minimum Gasteiger partial charge on any atom is -0.317 e. The third-order valence-corrected chi connectivity index (χ3v) is 5.83. The summed E-state index contributed by atoms with van der Waals surface area (Å²) in [6, 6.07) is 17.1. The summed E-state index contributed by atoms with van der Waals surface area (Å²) in [5.74, 6) is 0. The van der Waals surface area contributed by atoms with Crippen LogP contribution in [-0.2, 0) is 23.1 Å². The molecule has 1 saturated heterocycles. The molecule has 27 heavy (non-hydrogen) atoms. The summed E-state index contributed by atoms with van der Waals surface area (Å²) >= 11 is 0. The van der Waals surface area contributed by atoms with E-state index >= 15 is 0 Å². The normalized spacial score (nSPS) is 15.6. The van der Waals surface area contributed by atoms with Gasteiger partial charge in [0.05, 0.1) is 16.5 Å². The summed E-state index contributed by atoms with van der Waals surface area (Å²) in [6.07, 6.45) is 2.13. The van der Waals surface area contributed by atoms with Gasteiger partial charge in [-0.2, -0.15) is 5.26 Å². The number of hydrogen-bond donors (Lipinski definition) is 2. The van der Waals surface area contributed by atoms with Crippen LogP contribution in [0.3, 0.4) is 0 Å². The second-order valence-corrected chi connectivity index (χ2v) is 8.45. The van der Waals surface area contributed by atoms with Crippen LogP contribution in [0.1, 0.15) is 29.5 Å². The molecule has 7 heteroatoms. The Bertz CT molecular complexity index is 914. The minimum absolute atomic E-state index is 0.126. The van der Waals surface area contributed by atoms with Crippen molar-refractivity contribution in [2.45, 2.75) is 36.9 Å². The van der Waals surface area contributed by atoms with Crippen LogP contribution in [0.5, 0.6) is 0 Å². The van der Waals surface area contributed by atoms with Crippen LogP contribution < -0.4 is 10.5 Å². The lowest BCUT2D eigenvalue weighted by Crippen LogP contribution is -2.42. The topological polar surface area (TPSA) is 99.2 Å². The van der Waals surface area contributed by atoms with Gasteiger partial charge in [0.25, 0.3) is 0 Å². The Hall–Kier alpha value is -2.24. The van der Waals surface area contributed by atoms with E-state index in [1.54, 1.807) is 12.1 Å². The van der Waals surface area contributed by atoms with Crippen LogP contribution in [0.2, 0.25) is 0 Å². The van der Waals surface area contributed by atoms with Crippen molar-refractivity contribution in [2.75, 3.05) is 13.1 Å². The average Bonchev–Trinajstić information content (AvgIpc) is 2.68. The van der Waals surface area contributed by atoms with Crippen molar-refractivity contribution in [3.05, 3.63) is 65.2 Å². The molecule has 0 atom stereocenters. The molecular formula is C20H24N4O2S. The molecule has 6 nitrogen and oxygen atoms in total. The molecule has 0 spiro atoms. The molecule has 1 aliphatic heterocycles. The molecule has 3 rings (SSSR count). The average molecular weight is 385 g/mol. The molecule has 1 fully saturated rings. The number of primary sulfonamides is 1. The van der Waals surface area contributed by atoms with Crippen molar-refractivity contribution in [1.82, 2.24) is 10.2 Å². The SMILES string of the molecule is N#Cc1cccc(CN(Cc2ccc(S(N)(=O)=O)cc2)C2CCNCC2)c1. The lowest BCUT2D eigenvalue weighted by molar-refractivity contribution is 0.145. The van der Waals surface area contributed by atoms with Gasteiger partial charge in [-0.1, -0.05) is 24.3 Å². The summed E-state index contributed by atoms with van der Waals surface area (Å²) in [5, 5.41) is 17.7. The maximum Gasteiger partial charge on any atom is 0.238 e. The molecule has 2 aromatic rings. The quantitative estimate of drug-likeness (QED) is 0.793. The smallest absolute Gasteiger partial charge is 0.238 e. The molecule has 0 aliphatic carbocycles. The largest absolute Gasteiger partial charge is 0.317 e. The molecule has 1 heterocycles. The number of nitrogens with one attached hydrogen (secondary N) is 1. The Morgan fingerprint density at radius 1 is 1.07 bits per heavy atom. The first-order valence-electron chi connectivity index (χ1n) is 9.01. The molecule has 0 amide bonds. The Morgan fingerprint density at radius 3 is 2.37 bits per heavy atom. The van der Waals surface area contributed by atoms with Crippen molar-refractivity contribution < 1.29 is 8.42 Å². The monoisotopic (exact) mass is 384 g/mol. The summed E-state index contributed by atoms with van der Waals surface area (Å²) in [6.45, 7) is 3.44. The van der Waals surface area contributed by atoms with Crippen LogP contribution in [-0.4, -0.2) is 32.4 Å². The van der Waals surface area contributed by atoms with Gasteiger partial charge in [0.2, 0.25) is 10.0 Å². The van der Waals surface area contributed by atoms with E-state index in [0.717, 1.165) is 43.6 Å². The highest BCUT2D eigenvalue weighted by Gasteiger charge is 2.21. The molecule has 142 valence electrons. The van der Waals surface area contributed by atoms with Gasteiger partial charge in [-0.05, 0) is 61.3 Å². The second kappa shape index (κ2) is 8.63. The fourth-order valence-electron chi connectivity index (χ4n) is 3.48. The fraction of sp³-hybridized carbons (Fsp3) is 0.350. The van der Waals surface area contributed by atoms with Gasteiger partial charge >= 0.3 is 0 Å². The Labute approximate surface area is 160 Å².